The molecule has 3 nitrogen and oxygen atoms in total. The summed E-state index contributed by atoms with van der Waals surface area (Å²) >= 11 is 0. The number of nitrogens with one attached hydrogen (secondary N) is 1. The van der Waals surface area contributed by atoms with E-state index >= 15 is 0 Å². The lowest BCUT2D eigenvalue weighted by Gasteiger charge is -2.35. The van der Waals surface area contributed by atoms with Crippen molar-refractivity contribution in [1.29, 1.82) is 0 Å². The van der Waals surface area contributed by atoms with Gasteiger partial charge in [-0.1, -0.05) is 51.1 Å². The third-order valence-electron chi connectivity index (χ3n) is 4.61. The molecule has 1 N–H and O–H groups in total. The summed E-state index contributed by atoms with van der Waals surface area (Å²) in [5.74, 6) is 0. The Kier molecular flexibility index (Phi) is 4.79. The lowest BCUT2D eigenvalue weighted by atomic mass is 9.85. The van der Waals surface area contributed by atoms with Crippen LogP contribution in [0.3, 0.4) is 0 Å². The molecule has 0 saturated carbocycles. The van der Waals surface area contributed by atoms with Crippen molar-refractivity contribution in [2.75, 3.05) is 26.2 Å². The van der Waals surface area contributed by atoms with Gasteiger partial charge in [0.1, 0.15) is 0 Å². The van der Waals surface area contributed by atoms with Gasteiger partial charge in [-0.3, -0.25) is 9.88 Å². The van der Waals surface area contributed by atoms with Gasteiger partial charge >= 0.3 is 0 Å². The molecule has 3 rings (SSSR count). The Bertz CT molecular complexity index is 608. The van der Waals surface area contributed by atoms with E-state index in [2.05, 4.69) is 66.3 Å². The quantitative estimate of drug-likeness (QED) is 0.942. The number of hydrogen-bond donors (Lipinski definition) is 1. The summed E-state index contributed by atoms with van der Waals surface area (Å²) in [7, 11) is 0. The summed E-state index contributed by atoms with van der Waals surface area (Å²) in [5.41, 5.74) is 4.20. The first-order chi connectivity index (χ1) is 11.1. The second-order valence-electron chi connectivity index (χ2n) is 7.35. The van der Waals surface area contributed by atoms with Gasteiger partial charge in [-0.15, -0.1) is 0 Å². The molecule has 23 heavy (non-hydrogen) atoms. The smallest absolute Gasteiger partial charge is 0.0617 e. The van der Waals surface area contributed by atoms with Crippen LogP contribution in [0.15, 0.2) is 48.8 Å². The van der Waals surface area contributed by atoms with Gasteiger partial charge in [0.2, 0.25) is 0 Å². The van der Waals surface area contributed by atoms with Crippen LogP contribution in [0.5, 0.6) is 0 Å². The van der Waals surface area contributed by atoms with Crippen molar-refractivity contribution in [3.05, 3.63) is 65.5 Å². The molecule has 1 aliphatic rings. The van der Waals surface area contributed by atoms with Crippen molar-refractivity contribution in [1.82, 2.24) is 15.2 Å². The fraction of sp³-hybridized carbons (Fsp3) is 0.450. The monoisotopic (exact) mass is 309 g/mol. The summed E-state index contributed by atoms with van der Waals surface area (Å²) in [5, 5.41) is 3.44. The zero-order chi connectivity index (χ0) is 16.3. The summed E-state index contributed by atoms with van der Waals surface area (Å²) in [6, 6.07) is 13.7. The maximum Gasteiger partial charge on any atom is 0.0617 e. The maximum absolute atomic E-state index is 4.34. The van der Waals surface area contributed by atoms with Gasteiger partial charge in [-0.2, -0.15) is 0 Å². The Morgan fingerprint density at radius 1 is 1.00 bits per heavy atom. The van der Waals surface area contributed by atoms with Gasteiger partial charge in [0.05, 0.1) is 6.04 Å². The Balaban J connectivity index is 1.94. The normalized spacial score (nSPS) is 17.9. The van der Waals surface area contributed by atoms with E-state index in [1.165, 1.54) is 16.7 Å². The molecular formula is C20H27N3. The number of nitrogens with zero attached hydrogens (tertiary/aromatic N) is 2. The topological polar surface area (TPSA) is 28.2 Å². The molecule has 1 aliphatic heterocycles. The highest BCUT2D eigenvalue weighted by Gasteiger charge is 2.24. The van der Waals surface area contributed by atoms with Crippen molar-refractivity contribution in [2.24, 2.45) is 0 Å². The molecule has 0 bridgehead atoms. The molecule has 122 valence electrons. The van der Waals surface area contributed by atoms with Gasteiger partial charge in [-0.25, -0.2) is 0 Å². The summed E-state index contributed by atoms with van der Waals surface area (Å²) in [6.45, 7) is 11.0. The van der Waals surface area contributed by atoms with Crippen LogP contribution in [0, 0.1) is 0 Å². The van der Waals surface area contributed by atoms with Crippen molar-refractivity contribution in [3.8, 4) is 0 Å². The highest BCUT2D eigenvalue weighted by molar-refractivity contribution is 5.34. The molecule has 3 heteroatoms. The van der Waals surface area contributed by atoms with Crippen LogP contribution >= 0.6 is 0 Å². The van der Waals surface area contributed by atoms with Crippen LogP contribution in [0.4, 0.5) is 0 Å². The first kappa shape index (κ1) is 16.2. The molecule has 0 spiro atoms. The van der Waals surface area contributed by atoms with Crippen molar-refractivity contribution in [2.45, 2.75) is 32.2 Å². The summed E-state index contributed by atoms with van der Waals surface area (Å²) < 4.78 is 0. The SMILES string of the molecule is CC(C)(C)c1ccc(C(c2cccnc2)N2CCNCC2)cc1. The molecule has 1 fully saturated rings. The zero-order valence-electron chi connectivity index (χ0n) is 14.4. The molecule has 1 aromatic heterocycles. The Hall–Kier alpha value is -1.71. The van der Waals surface area contributed by atoms with E-state index in [0.29, 0.717) is 6.04 Å². The van der Waals surface area contributed by atoms with Crippen LogP contribution in [-0.2, 0) is 5.41 Å². The molecule has 1 saturated heterocycles. The van der Waals surface area contributed by atoms with Crippen LogP contribution in [0.2, 0.25) is 0 Å². The molecule has 2 aromatic rings. The van der Waals surface area contributed by atoms with Crippen molar-refractivity contribution in [3.63, 3.8) is 0 Å². The first-order valence-corrected chi connectivity index (χ1v) is 8.51. The first-order valence-electron chi connectivity index (χ1n) is 8.51. The van der Waals surface area contributed by atoms with Gasteiger partial charge in [0.25, 0.3) is 0 Å². The fourth-order valence-corrected chi connectivity index (χ4v) is 3.26. The molecule has 0 amide bonds. The lowest BCUT2D eigenvalue weighted by Crippen LogP contribution is -2.45. The summed E-state index contributed by atoms with van der Waals surface area (Å²) in [6.07, 6.45) is 3.85. The molecule has 1 unspecified atom stereocenters. The Morgan fingerprint density at radius 3 is 2.26 bits per heavy atom. The minimum absolute atomic E-state index is 0.192. The number of aromatic nitrogens is 1. The van der Waals surface area contributed by atoms with Crippen LogP contribution in [0.1, 0.15) is 43.5 Å². The average molecular weight is 309 g/mol. The molecular weight excluding hydrogens is 282 g/mol. The van der Waals surface area contributed by atoms with Crippen LogP contribution < -0.4 is 5.32 Å². The second kappa shape index (κ2) is 6.81. The maximum atomic E-state index is 4.34. The number of benzene rings is 1. The van der Waals surface area contributed by atoms with E-state index in [4.69, 9.17) is 0 Å². The Morgan fingerprint density at radius 2 is 1.70 bits per heavy atom. The van der Waals surface area contributed by atoms with E-state index in [1.54, 1.807) is 0 Å². The van der Waals surface area contributed by atoms with E-state index in [9.17, 15) is 0 Å². The standard InChI is InChI=1S/C20H27N3/c1-20(2,3)18-8-6-16(7-9-18)19(17-5-4-10-22-15-17)23-13-11-21-12-14-23/h4-10,15,19,21H,11-14H2,1-3H3. The van der Waals surface area contributed by atoms with E-state index in [-0.39, 0.29) is 5.41 Å². The molecule has 1 aromatic carbocycles. The fourth-order valence-electron chi connectivity index (χ4n) is 3.26. The van der Waals surface area contributed by atoms with Gasteiger partial charge in [-0.05, 0) is 28.2 Å². The molecule has 2 heterocycles. The minimum atomic E-state index is 0.192. The predicted octanol–water partition coefficient (Wildman–Crippen LogP) is 3.37. The van der Waals surface area contributed by atoms with E-state index in [0.717, 1.165) is 26.2 Å². The largest absolute Gasteiger partial charge is 0.314 e. The van der Waals surface area contributed by atoms with Crippen LogP contribution in [0.25, 0.3) is 0 Å². The van der Waals surface area contributed by atoms with E-state index < -0.39 is 0 Å². The highest BCUT2D eigenvalue weighted by atomic mass is 15.2. The number of pyridine rings is 1. The minimum Gasteiger partial charge on any atom is -0.314 e. The molecule has 1 atom stereocenters. The summed E-state index contributed by atoms with van der Waals surface area (Å²) in [4.78, 5) is 6.90. The Labute approximate surface area is 139 Å². The van der Waals surface area contributed by atoms with Gasteiger partial charge in [0.15, 0.2) is 0 Å². The second-order valence-corrected chi connectivity index (χ2v) is 7.35. The lowest BCUT2D eigenvalue weighted by molar-refractivity contribution is 0.198. The molecule has 0 radical (unpaired) electrons. The predicted molar refractivity (Wildman–Crippen MR) is 95.7 cm³/mol. The average Bonchev–Trinajstić information content (AvgIpc) is 2.57. The number of hydrogen-bond acceptors (Lipinski definition) is 3. The highest BCUT2D eigenvalue weighted by Crippen LogP contribution is 2.30. The third kappa shape index (κ3) is 3.80. The number of piperazine rings is 1. The van der Waals surface area contributed by atoms with Crippen molar-refractivity contribution < 1.29 is 0 Å². The number of rotatable bonds is 3. The zero-order valence-corrected chi connectivity index (χ0v) is 14.4. The van der Waals surface area contributed by atoms with E-state index in [1.807, 2.05) is 18.5 Å². The van der Waals surface area contributed by atoms with Gasteiger partial charge < -0.3 is 5.32 Å². The third-order valence-corrected chi connectivity index (χ3v) is 4.61. The van der Waals surface area contributed by atoms with Gasteiger partial charge in [0, 0.05) is 38.6 Å². The molecule has 0 aliphatic carbocycles. The van der Waals surface area contributed by atoms with Crippen molar-refractivity contribution >= 4 is 0 Å². The van der Waals surface area contributed by atoms with Crippen LogP contribution in [-0.4, -0.2) is 36.1 Å².